The van der Waals surface area contributed by atoms with Crippen LogP contribution in [-0.4, -0.2) is 67.6 Å². The molecule has 4 heteroatoms. The highest BCUT2D eigenvalue weighted by molar-refractivity contribution is 7.99. The van der Waals surface area contributed by atoms with Crippen LogP contribution in [0.15, 0.2) is 0 Å². The largest absolute Gasteiger partial charge is 0.329 e. The summed E-state index contributed by atoms with van der Waals surface area (Å²) in [6, 6.07) is 0.573. The van der Waals surface area contributed by atoms with Gasteiger partial charge in [0.15, 0.2) is 0 Å². The van der Waals surface area contributed by atoms with Gasteiger partial charge in [-0.05, 0) is 63.9 Å². The number of likely N-dealkylation sites (tertiary alicyclic amines) is 1. The van der Waals surface area contributed by atoms with Gasteiger partial charge in [-0.25, -0.2) is 0 Å². The first kappa shape index (κ1) is 16.3. The molecule has 2 N–H and O–H groups in total. The fourth-order valence-electron chi connectivity index (χ4n) is 2.68. The van der Waals surface area contributed by atoms with Gasteiger partial charge in [-0.15, -0.1) is 0 Å². The maximum Gasteiger partial charge on any atom is 0.0223 e. The summed E-state index contributed by atoms with van der Waals surface area (Å²) in [5.41, 5.74) is 5.92. The highest BCUT2D eigenvalue weighted by Gasteiger charge is 2.21. The summed E-state index contributed by atoms with van der Waals surface area (Å²) in [7, 11) is 4.48. The minimum atomic E-state index is 0.573. The molecule has 1 saturated heterocycles. The smallest absolute Gasteiger partial charge is 0.0223 e. The summed E-state index contributed by atoms with van der Waals surface area (Å²) in [5, 5.41) is 0. The number of nitrogens with two attached hydrogens (primary N) is 1. The van der Waals surface area contributed by atoms with E-state index in [4.69, 9.17) is 5.73 Å². The topological polar surface area (TPSA) is 32.5 Å². The van der Waals surface area contributed by atoms with E-state index in [0.717, 1.165) is 12.5 Å². The number of rotatable bonds is 8. The Labute approximate surface area is 117 Å². The molecule has 0 aromatic carbocycles. The highest BCUT2D eigenvalue weighted by atomic mass is 32.2. The number of thioether (sulfide) groups is 1. The van der Waals surface area contributed by atoms with E-state index < -0.39 is 0 Å². The van der Waals surface area contributed by atoms with Crippen LogP contribution in [0.25, 0.3) is 0 Å². The number of likely N-dealkylation sites (N-methyl/N-ethyl adjacent to an activating group) is 1. The second-order valence-corrected chi connectivity index (χ2v) is 6.96. The van der Waals surface area contributed by atoms with Crippen molar-refractivity contribution in [1.82, 2.24) is 9.80 Å². The van der Waals surface area contributed by atoms with Crippen molar-refractivity contribution in [3.05, 3.63) is 0 Å². The molecule has 1 fully saturated rings. The van der Waals surface area contributed by atoms with Gasteiger partial charge >= 0.3 is 0 Å². The summed E-state index contributed by atoms with van der Waals surface area (Å²) in [6.07, 6.45) is 3.93. The van der Waals surface area contributed by atoms with Gasteiger partial charge in [0.05, 0.1) is 0 Å². The Bertz CT molecular complexity index is 205. The molecule has 0 radical (unpaired) electrons. The second-order valence-electron chi connectivity index (χ2n) is 5.56. The highest BCUT2D eigenvalue weighted by Crippen LogP contribution is 2.18. The molecule has 1 aliphatic rings. The Hall–Kier alpha value is 0.230. The van der Waals surface area contributed by atoms with Crippen LogP contribution >= 0.6 is 11.8 Å². The molecule has 0 bridgehead atoms. The summed E-state index contributed by atoms with van der Waals surface area (Å²) < 4.78 is 0. The van der Waals surface area contributed by atoms with Crippen LogP contribution in [0.4, 0.5) is 0 Å². The van der Waals surface area contributed by atoms with Crippen LogP contribution in [0.3, 0.4) is 0 Å². The first-order valence-electron chi connectivity index (χ1n) is 7.34. The molecule has 0 aliphatic carbocycles. The molecule has 18 heavy (non-hydrogen) atoms. The van der Waals surface area contributed by atoms with Gasteiger partial charge in [0.1, 0.15) is 0 Å². The molecular formula is C14H31N3S. The van der Waals surface area contributed by atoms with Gasteiger partial charge < -0.3 is 15.5 Å². The van der Waals surface area contributed by atoms with E-state index in [-0.39, 0.29) is 0 Å². The first-order chi connectivity index (χ1) is 8.67. The van der Waals surface area contributed by atoms with Gasteiger partial charge in [0.25, 0.3) is 0 Å². The van der Waals surface area contributed by atoms with Gasteiger partial charge in [0, 0.05) is 19.1 Å². The Balaban J connectivity index is 2.25. The minimum Gasteiger partial charge on any atom is -0.329 e. The van der Waals surface area contributed by atoms with E-state index in [1.165, 1.54) is 50.4 Å². The third-order valence-electron chi connectivity index (χ3n) is 4.08. The van der Waals surface area contributed by atoms with E-state index in [2.05, 4.69) is 30.8 Å². The average Bonchev–Trinajstić information content (AvgIpc) is 2.37. The maximum atomic E-state index is 5.92. The quantitative estimate of drug-likeness (QED) is 0.683. The SMILES string of the molecule is CCSCCC(CN)N(C)CC1CCN(C)CC1. The Morgan fingerprint density at radius 2 is 2.06 bits per heavy atom. The van der Waals surface area contributed by atoms with Crippen molar-refractivity contribution in [2.24, 2.45) is 11.7 Å². The zero-order valence-corrected chi connectivity index (χ0v) is 13.2. The third kappa shape index (κ3) is 5.91. The lowest BCUT2D eigenvalue weighted by Crippen LogP contribution is -2.43. The molecular weight excluding hydrogens is 242 g/mol. The molecule has 1 rings (SSSR count). The predicted octanol–water partition coefficient (Wildman–Crippen LogP) is 1.73. The van der Waals surface area contributed by atoms with Crippen molar-refractivity contribution >= 4 is 11.8 Å². The molecule has 1 atom stereocenters. The van der Waals surface area contributed by atoms with Crippen molar-refractivity contribution in [1.29, 1.82) is 0 Å². The summed E-state index contributed by atoms with van der Waals surface area (Å²) in [4.78, 5) is 4.95. The molecule has 108 valence electrons. The molecule has 1 heterocycles. The third-order valence-corrected chi connectivity index (χ3v) is 5.01. The molecule has 0 saturated carbocycles. The lowest BCUT2D eigenvalue weighted by Gasteiger charge is -2.34. The number of nitrogens with zero attached hydrogens (tertiary/aromatic N) is 2. The zero-order valence-electron chi connectivity index (χ0n) is 12.4. The zero-order chi connectivity index (χ0) is 13.4. The molecule has 3 nitrogen and oxygen atoms in total. The van der Waals surface area contributed by atoms with Gasteiger partial charge in [-0.2, -0.15) is 11.8 Å². The molecule has 1 aliphatic heterocycles. The lowest BCUT2D eigenvalue weighted by atomic mass is 9.96. The average molecular weight is 273 g/mol. The predicted molar refractivity (Wildman–Crippen MR) is 83.3 cm³/mol. The molecule has 1 unspecified atom stereocenters. The van der Waals surface area contributed by atoms with Gasteiger partial charge in [0.2, 0.25) is 0 Å². The minimum absolute atomic E-state index is 0.573. The standard InChI is InChI=1S/C14H31N3S/c1-4-18-10-7-14(11-15)17(3)12-13-5-8-16(2)9-6-13/h13-14H,4-12,15H2,1-3H3. The van der Waals surface area contributed by atoms with Gasteiger partial charge in [-0.1, -0.05) is 6.92 Å². The fraction of sp³-hybridized carbons (Fsp3) is 1.00. The number of hydrogen-bond acceptors (Lipinski definition) is 4. The van der Waals surface area contributed by atoms with Gasteiger partial charge in [-0.3, -0.25) is 0 Å². The first-order valence-corrected chi connectivity index (χ1v) is 8.49. The van der Waals surface area contributed by atoms with E-state index in [1.807, 2.05) is 11.8 Å². The van der Waals surface area contributed by atoms with E-state index in [0.29, 0.717) is 6.04 Å². The van der Waals surface area contributed by atoms with E-state index >= 15 is 0 Å². The maximum absolute atomic E-state index is 5.92. The molecule has 0 aromatic heterocycles. The second kappa shape index (κ2) is 9.18. The lowest BCUT2D eigenvalue weighted by molar-refractivity contribution is 0.150. The summed E-state index contributed by atoms with van der Waals surface area (Å²) in [5.74, 6) is 3.34. The Morgan fingerprint density at radius 1 is 1.39 bits per heavy atom. The number of piperidine rings is 1. The van der Waals surface area contributed by atoms with Crippen molar-refractivity contribution in [3.8, 4) is 0 Å². The van der Waals surface area contributed by atoms with Crippen LogP contribution in [0, 0.1) is 5.92 Å². The fourth-order valence-corrected chi connectivity index (χ4v) is 3.41. The van der Waals surface area contributed by atoms with Crippen LogP contribution in [0.2, 0.25) is 0 Å². The molecule has 0 spiro atoms. The van der Waals surface area contributed by atoms with Crippen molar-refractivity contribution < 1.29 is 0 Å². The Morgan fingerprint density at radius 3 is 2.61 bits per heavy atom. The normalized spacial score (nSPS) is 20.5. The van der Waals surface area contributed by atoms with E-state index in [9.17, 15) is 0 Å². The number of hydrogen-bond donors (Lipinski definition) is 1. The summed E-state index contributed by atoms with van der Waals surface area (Å²) in [6.45, 7) is 6.78. The molecule has 0 amide bonds. The monoisotopic (exact) mass is 273 g/mol. The summed E-state index contributed by atoms with van der Waals surface area (Å²) >= 11 is 2.03. The van der Waals surface area contributed by atoms with E-state index in [1.54, 1.807) is 0 Å². The van der Waals surface area contributed by atoms with Crippen LogP contribution < -0.4 is 5.73 Å². The molecule has 0 aromatic rings. The van der Waals surface area contributed by atoms with Crippen molar-refractivity contribution in [2.75, 3.05) is 51.8 Å². The van der Waals surface area contributed by atoms with Crippen molar-refractivity contribution in [2.45, 2.75) is 32.2 Å². The van der Waals surface area contributed by atoms with Crippen LogP contribution in [0.1, 0.15) is 26.2 Å². The van der Waals surface area contributed by atoms with Crippen LogP contribution in [0.5, 0.6) is 0 Å². The van der Waals surface area contributed by atoms with Crippen LogP contribution in [-0.2, 0) is 0 Å². The Kier molecular flexibility index (Phi) is 8.31. The van der Waals surface area contributed by atoms with Crippen molar-refractivity contribution in [3.63, 3.8) is 0 Å².